The van der Waals surface area contributed by atoms with Crippen molar-refractivity contribution in [3.63, 3.8) is 0 Å². The van der Waals surface area contributed by atoms with E-state index in [9.17, 15) is 14.7 Å². The molecule has 0 aliphatic carbocycles. The van der Waals surface area contributed by atoms with Crippen LogP contribution in [0.3, 0.4) is 0 Å². The first-order valence-electron chi connectivity index (χ1n) is 6.71. The number of carbonyl (C=O) groups excluding carboxylic acids is 1. The minimum atomic E-state index is -0.987. The maximum Gasteiger partial charge on any atom is 0.329 e. The van der Waals surface area contributed by atoms with E-state index in [1.807, 2.05) is 0 Å². The number of hydrogen-bond donors (Lipinski definition) is 1. The fraction of sp³-hybridized carbons (Fsp3) is 0.857. The summed E-state index contributed by atoms with van der Waals surface area (Å²) >= 11 is 0. The first kappa shape index (κ1) is 15.0. The first-order chi connectivity index (χ1) is 8.17. The Labute approximate surface area is 109 Å². The Balaban J connectivity index is 2.54. The number of carboxylic acids is 1. The van der Waals surface area contributed by atoms with Gasteiger partial charge in [-0.2, -0.15) is 0 Å². The van der Waals surface area contributed by atoms with Crippen LogP contribution in [-0.2, 0) is 9.59 Å². The number of hydrogen-bond acceptors (Lipinski definition) is 2. The highest BCUT2D eigenvalue weighted by Gasteiger charge is 2.45. The number of nitrogens with zero attached hydrogens (tertiary/aromatic N) is 1. The molecular weight excluding hydrogens is 230 g/mol. The average molecular weight is 255 g/mol. The molecule has 18 heavy (non-hydrogen) atoms. The molecule has 1 heterocycles. The summed E-state index contributed by atoms with van der Waals surface area (Å²) in [5, 5.41) is 9.25. The van der Waals surface area contributed by atoms with Crippen molar-refractivity contribution in [3.05, 3.63) is 0 Å². The Bertz CT molecular complexity index is 332. The predicted molar refractivity (Wildman–Crippen MR) is 70.3 cm³/mol. The second-order valence-corrected chi connectivity index (χ2v) is 6.64. The van der Waals surface area contributed by atoms with Gasteiger partial charge in [-0.3, -0.25) is 4.79 Å². The summed E-state index contributed by atoms with van der Waals surface area (Å²) < 4.78 is 0. The van der Waals surface area contributed by atoms with Gasteiger partial charge in [0.05, 0.1) is 0 Å². The molecule has 1 amide bonds. The van der Waals surface area contributed by atoms with E-state index >= 15 is 0 Å². The maximum absolute atomic E-state index is 12.1. The van der Waals surface area contributed by atoms with Crippen LogP contribution in [-0.4, -0.2) is 34.0 Å². The van der Waals surface area contributed by atoms with Gasteiger partial charge in [0.15, 0.2) is 0 Å². The van der Waals surface area contributed by atoms with E-state index in [-0.39, 0.29) is 11.3 Å². The van der Waals surface area contributed by atoms with Crippen LogP contribution in [0, 0.1) is 5.41 Å². The molecule has 0 spiro atoms. The van der Waals surface area contributed by atoms with Gasteiger partial charge < -0.3 is 10.0 Å². The van der Waals surface area contributed by atoms with Crippen LogP contribution in [0.1, 0.15) is 59.8 Å². The lowest BCUT2D eigenvalue weighted by Crippen LogP contribution is -2.50. The van der Waals surface area contributed by atoms with Gasteiger partial charge in [0.25, 0.3) is 0 Å². The van der Waals surface area contributed by atoms with Crippen LogP contribution in [0.5, 0.6) is 0 Å². The van der Waals surface area contributed by atoms with Crippen molar-refractivity contribution in [1.29, 1.82) is 0 Å². The third-order valence-electron chi connectivity index (χ3n) is 3.72. The SMILES string of the molecule is CC(C)(C)CCCC(=O)N1CCCC1(C)C(=O)O. The van der Waals surface area contributed by atoms with Gasteiger partial charge in [0.2, 0.25) is 5.91 Å². The fourth-order valence-electron chi connectivity index (χ4n) is 2.49. The summed E-state index contributed by atoms with van der Waals surface area (Å²) in [6, 6.07) is 0. The topological polar surface area (TPSA) is 57.6 Å². The van der Waals surface area contributed by atoms with Crippen molar-refractivity contribution < 1.29 is 14.7 Å². The van der Waals surface area contributed by atoms with Gasteiger partial charge in [0.1, 0.15) is 5.54 Å². The maximum atomic E-state index is 12.1. The van der Waals surface area contributed by atoms with E-state index in [0.29, 0.717) is 19.4 Å². The first-order valence-corrected chi connectivity index (χ1v) is 6.71. The van der Waals surface area contributed by atoms with Crippen molar-refractivity contribution in [2.45, 2.75) is 65.3 Å². The molecule has 1 rings (SSSR count). The summed E-state index contributed by atoms with van der Waals surface area (Å²) in [4.78, 5) is 24.9. The van der Waals surface area contributed by atoms with Crippen molar-refractivity contribution in [3.8, 4) is 0 Å². The molecule has 0 bridgehead atoms. The van der Waals surface area contributed by atoms with Crippen molar-refractivity contribution >= 4 is 11.9 Å². The van der Waals surface area contributed by atoms with Crippen LogP contribution in [0.4, 0.5) is 0 Å². The number of carboxylic acid groups (broad SMARTS) is 1. The molecule has 4 nitrogen and oxygen atoms in total. The summed E-state index contributed by atoms with van der Waals surface area (Å²) in [7, 11) is 0. The zero-order valence-electron chi connectivity index (χ0n) is 12.0. The smallest absolute Gasteiger partial charge is 0.329 e. The zero-order chi connectivity index (χ0) is 14.0. The minimum absolute atomic E-state index is 0.0124. The van der Waals surface area contributed by atoms with Gasteiger partial charge in [0, 0.05) is 13.0 Å². The van der Waals surface area contributed by atoms with Gasteiger partial charge in [-0.25, -0.2) is 4.79 Å². The average Bonchev–Trinajstić information content (AvgIpc) is 2.59. The van der Waals surface area contributed by atoms with Crippen molar-refractivity contribution in [2.24, 2.45) is 5.41 Å². The molecule has 104 valence electrons. The Kier molecular flexibility index (Phi) is 4.41. The Hall–Kier alpha value is -1.06. The number of likely N-dealkylation sites (tertiary alicyclic amines) is 1. The van der Waals surface area contributed by atoms with E-state index < -0.39 is 11.5 Å². The number of rotatable bonds is 4. The third kappa shape index (κ3) is 3.47. The Morgan fingerprint density at radius 3 is 2.44 bits per heavy atom. The standard InChI is InChI=1S/C14H25NO3/c1-13(2,3)8-5-7-11(16)15-10-6-9-14(15,4)12(17)18/h5-10H2,1-4H3,(H,17,18). The van der Waals surface area contributed by atoms with Gasteiger partial charge in [-0.1, -0.05) is 20.8 Å². The molecule has 1 aliphatic heterocycles. The molecule has 0 aromatic rings. The number of amides is 1. The molecule has 0 aromatic carbocycles. The van der Waals surface area contributed by atoms with Crippen LogP contribution < -0.4 is 0 Å². The third-order valence-corrected chi connectivity index (χ3v) is 3.72. The molecule has 1 aliphatic rings. The van der Waals surface area contributed by atoms with Crippen LogP contribution in [0.25, 0.3) is 0 Å². The predicted octanol–water partition coefficient (Wildman–Crippen LogP) is 2.67. The summed E-state index contributed by atoms with van der Waals surface area (Å²) in [5.74, 6) is -0.897. The highest BCUT2D eigenvalue weighted by molar-refractivity contribution is 5.87. The molecule has 1 unspecified atom stereocenters. The number of carbonyl (C=O) groups is 2. The molecule has 0 aromatic heterocycles. The molecule has 0 radical (unpaired) electrons. The molecule has 0 saturated carbocycles. The van der Waals surface area contributed by atoms with Gasteiger partial charge >= 0.3 is 5.97 Å². The summed E-state index contributed by atoms with van der Waals surface area (Å²) in [6.45, 7) is 8.68. The quantitative estimate of drug-likeness (QED) is 0.840. The molecular formula is C14H25NO3. The second-order valence-electron chi connectivity index (χ2n) is 6.64. The fourth-order valence-corrected chi connectivity index (χ4v) is 2.49. The van der Waals surface area contributed by atoms with E-state index in [2.05, 4.69) is 20.8 Å². The normalized spacial score (nSPS) is 24.3. The highest BCUT2D eigenvalue weighted by atomic mass is 16.4. The second kappa shape index (κ2) is 5.29. The largest absolute Gasteiger partial charge is 0.480 e. The molecule has 1 saturated heterocycles. The summed E-state index contributed by atoms with van der Waals surface area (Å²) in [5.41, 5.74) is -0.764. The van der Waals surface area contributed by atoms with E-state index in [1.165, 1.54) is 0 Å². The van der Waals surface area contributed by atoms with Crippen LogP contribution >= 0.6 is 0 Å². The Morgan fingerprint density at radius 2 is 1.94 bits per heavy atom. The molecule has 1 N–H and O–H groups in total. The van der Waals surface area contributed by atoms with E-state index in [0.717, 1.165) is 19.3 Å². The van der Waals surface area contributed by atoms with Crippen molar-refractivity contribution in [2.75, 3.05) is 6.54 Å². The minimum Gasteiger partial charge on any atom is -0.480 e. The van der Waals surface area contributed by atoms with E-state index in [1.54, 1.807) is 11.8 Å². The van der Waals surface area contributed by atoms with Gasteiger partial charge in [-0.15, -0.1) is 0 Å². The van der Waals surface area contributed by atoms with Crippen LogP contribution in [0.15, 0.2) is 0 Å². The highest BCUT2D eigenvalue weighted by Crippen LogP contribution is 2.30. The van der Waals surface area contributed by atoms with Gasteiger partial charge in [-0.05, 0) is 38.0 Å². The molecule has 1 atom stereocenters. The Morgan fingerprint density at radius 1 is 1.33 bits per heavy atom. The molecule has 4 heteroatoms. The lowest BCUT2D eigenvalue weighted by molar-refractivity contribution is -0.155. The lowest BCUT2D eigenvalue weighted by atomic mass is 9.89. The monoisotopic (exact) mass is 255 g/mol. The summed E-state index contributed by atoms with van der Waals surface area (Å²) in [6.07, 6.45) is 3.62. The molecule has 1 fully saturated rings. The number of aliphatic carboxylic acids is 1. The lowest BCUT2D eigenvalue weighted by Gasteiger charge is -2.31. The van der Waals surface area contributed by atoms with E-state index in [4.69, 9.17) is 0 Å². The van der Waals surface area contributed by atoms with Crippen molar-refractivity contribution in [1.82, 2.24) is 4.90 Å². The van der Waals surface area contributed by atoms with Crippen LogP contribution in [0.2, 0.25) is 0 Å². The zero-order valence-corrected chi connectivity index (χ0v) is 12.0.